The fraction of sp³-hybridized carbons (Fsp3) is 0.190. The Balaban J connectivity index is 1.72. The van der Waals surface area contributed by atoms with Crippen LogP contribution >= 0.6 is 11.8 Å². The molecule has 0 saturated carbocycles. The van der Waals surface area contributed by atoms with Crippen molar-refractivity contribution >= 4 is 28.6 Å². The van der Waals surface area contributed by atoms with Crippen molar-refractivity contribution in [1.82, 2.24) is 25.2 Å². The van der Waals surface area contributed by atoms with Crippen LogP contribution in [0.3, 0.4) is 0 Å². The minimum absolute atomic E-state index is 0.394. The van der Waals surface area contributed by atoms with Crippen molar-refractivity contribution in [2.24, 2.45) is 0 Å². The topological polar surface area (TPSA) is 92.0 Å². The minimum atomic E-state index is -0.411. The Kier molecular flexibility index (Phi) is 5.62. The molecule has 0 saturated heterocycles. The van der Waals surface area contributed by atoms with Crippen LogP contribution in [0.5, 0.6) is 5.75 Å². The fourth-order valence-corrected chi connectivity index (χ4v) is 4.10. The number of hydrogen-bond donors (Lipinski definition) is 0. The van der Waals surface area contributed by atoms with E-state index in [2.05, 4.69) is 15.5 Å². The van der Waals surface area contributed by atoms with Crippen molar-refractivity contribution in [3.8, 4) is 11.4 Å². The highest BCUT2D eigenvalue weighted by atomic mass is 32.2. The molecule has 0 fully saturated rings. The summed E-state index contributed by atoms with van der Waals surface area (Å²) in [6, 6.07) is 15.2. The van der Waals surface area contributed by atoms with Crippen LogP contribution in [0.15, 0.2) is 53.7 Å². The Labute approximate surface area is 177 Å². The zero-order chi connectivity index (χ0) is 21.1. The summed E-state index contributed by atoms with van der Waals surface area (Å²) in [6.45, 7) is 1.91. The fourth-order valence-electron chi connectivity index (χ4n) is 3.28. The van der Waals surface area contributed by atoms with Crippen molar-refractivity contribution < 1.29 is 14.3 Å². The first-order valence-corrected chi connectivity index (χ1v) is 10.1. The Morgan fingerprint density at radius 3 is 2.67 bits per heavy atom. The molecule has 152 valence electrons. The van der Waals surface area contributed by atoms with E-state index in [1.165, 1.54) is 18.9 Å². The number of carbonyl (C=O) groups excluding carboxylic acids is 1. The lowest BCUT2D eigenvalue weighted by atomic mass is 10.0. The number of esters is 1. The van der Waals surface area contributed by atoms with Crippen molar-refractivity contribution in [2.75, 3.05) is 14.2 Å². The Hall–Kier alpha value is -3.46. The highest BCUT2D eigenvalue weighted by Gasteiger charge is 2.21. The number of pyridine rings is 1. The van der Waals surface area contributed by atoms with Gasteiger partial charge < -0.3 is 9.47 Å². The third-order valence-corrected chi connectivity index (χ3v) is 5.64. The molecule has 0 bridgehead atoms. The molecular formula is C21H19N5O3S. The highest BCUT2D eigenvalue weighted by molar-refractivity contribution is 7.98. The smallest absolute Gasteiger partial charge is 0.340 e. The number of para-hydroxylation sites is 3. The molecule has 2 aromatic heterocycles. The molecule has 0 unspecified atom stereocenters. The van der Waals surface area contributed by atoms with Gasteiger partial charge in [-0.3, -0.25) is 4.98 Å². The molecule has 2 heterocycles. The Bertz CT molecular complexity index is 1220. The maximum atomic E-state index is 12.5. The number of fused-ring (bicyclic) bond motifs is 1. The summed E-state index contributed by atoms with van der Waals surface area (Å²) in [5, 5.41) is 13.5. The lowest BCUT2D eigenvalue weighted by Crippen LogP contribution is -2.11. The number of rotatable bonds is 6. The van der Waals surface area contributed by atoms with Gasteiger partial charge in [0.1, 0.15) is 11.4 Å². The number of methoxy groups -OCH3 is 2. The van der Waals surface area contributed by atoms with Crippen LogP contribution in [0.4, 0.5) is 0 Å². The SMILES string of the molecule is COC(=O)c1c(CSc2nnnn2-c2ccccc2OC)nc2ccccc2c1C. The largest absolute Gasteiger partial charge is 0.494 e. The van der Waals surface area contributed by atoms with E-state index in [1.54, 1.807) is 11.8 Å². The van der Waals surface area contributed by atoms with Crippen LogP contribution in [0.25, 0.3) is 16.6 Å². The van der Waals surface area contributed by atoms with Crippen molar-refractivity contribution in [3.05, 3.63) is 65.4 Å². The van der Waals surface area contributed by atoms with Crippen LogP contribution in [-0.2, 0) is 10.5 Å². The summed E-state index contributed by atoms with van der Waals surface area (Å²) < 4.78 is 12.0. The Morgan fingerprint density at radius 1 is 1.10 bits per heavy atom. The lowest BCUT2D eigenvalue weighted by Gasteiger charge is -2.13. The average molecular weight is 421 g/mol. The van der Waals surface area contributed by atoms with Gasteiger partial charge >= 0.3 is 5.97 Å². The van der Waals surface area contributed by atoms with E-state index in [4.69, 9.17) is 14.5 Å². The third-order valence-electron chi connectivity index (χ3n) is 4.71. The highest BCUT2D eigenvalue weighted by Crippen LogP contribution is 2.30. The lowest BCUT2D eigenvalue weighted by molar-refractivity contribution is 0.0598. The molecule has 0 N–H and O–H groups in total. The first kappa shape index (κ1) is 19.8. The average Bonchev–Trinajstić information content (AvgIpc) is 3.25. The van der Waals surface area contributed by atoms with E-state index >= 15 is 0 Å². The first-order valence-electron chi connectivity index (χ1n) is 9.15. The van der Waals surface area contributed by atoms with Gasteiger partial charge in [0.15, 0.2) is 0 Å². The normalized spacial score (nSPS) is 10.9. The van der Waals surface area contributed by atoms with Crippen LogP contribution in [-0.4, -0.2) is 45.4 Å². The van der Waals surface area contributed by atoms with E-state index in [9.17, 15) is 4.79 Å². The zero-order valence-corrected chi connectivity index (χ0v) is 17.5. The Morgan fingerprint density at radius 2 is 1.87 bits per heavy atom. The van der Waals surface area contributed by atoms with E-state index in [1.807, 2.05) is 55.5 Å². The molecule has 0 radical (unpaired) electrons. The molecular weight excluding hydrogens is 402 g/mol. The molecule has 0 spiro atoms. The number of thioether (sulfide) groups is 1. The number of benzene rings is 2. The molecule has 2 aromatic carbocycles. The van der Waals surface area contributed by atoms with Gasteiger partial charge in [0.2, 0.25) is 5.16 Å². The molecule has 0 aliphatic heterocycles. The van der Waals surface area contributed by atoms with Gasteiger partial charge in [0, 0.05) is 11.1 Å². The molecule has 0 amide bonds. The number of nitrogens with zero attached hydrogens (tertiary/aromatic N) is 5. The van der Waals surface area contributed by atoms with Crippen LogP contribution in [0.1, 0.15) is 21.6 Å². The zero-order valence-electron chi connectivity index (χ0n) is 16.7. The molecule has 4 aromatic rings. The molecule has 30 heavy (non-hydrogen) atoms. The summed E-state index contributed by atoms with van der Waals surface area (Å²) in [5.74, 6) is 0.637. The summed E-state index contributed by atoms with van der Waals surface area (Å²) in [4.78, 5) is 17.2. The third kappa shape index (κ3) is 3.59. The summed E-state index contributed by atoms with van der Waals surface area (Å²) in [7, 11) is 2.97. The van der Waals surface area contributed by atoms with Crippen LogP contribution in [0.2, 0.25) is 0 Å². The summed E-state index contributed by atoms with van der Waals surface area (Å²) >= 11 is 1.38. The van der Waals surface area contributed by atoms with E-state index in [-0.39, 0.29) is 0 Å². The van der Waals surface area contributed by atoms with Crippen molar-refractivity contribution in [2.45, 2.75) is 17.8 Å². The molecule has 0 atom stereocenters. The van der Waals surface area contributed by atoms with Crippen molar-refractivity contribution in [1.29, 1.82) is 0 Å². The van der Waals surface area contributed by atoms with Gasteiger partial charge in [-0.1, -0.05) is 42.1 Å². The summed E-state index contributed by atoms with van der Waals surface area (Å²) in [6.07, 6.45) is 0. The van der Waals surface area contributed by atoms with Crippen LogP contribution in [0, 0.1) is 6.92 Å². The number of hydrogen-bond acceptors (Lipinski definition) is 8. The summed E-state index contributed by atoms with van der Waals surface area (Å²) in [5.41, 5.74) is 3.48. The second-order valence-corrected chi connectivity index (χ2v) is 7.34. The van der Waals surface area contributed by atoms with Gasteiger partial charge in [0.25, 0.3) is 0 Å². The predicted octanol–water partition coefficient (Wildman–Crippen LogP) is 3.61. The first-order chi connectivity index (χ1) is 14.6. The second kappa shape index (κ2) is 8.50. The second-order valence-electron chi connectivity index (χ2n) is 6.40. The number of aryl methyl sites for hydroxylation is 1. The standard InChI is InChI=1S/C21H19N5O3S/c1-13-14-8-4-5-9-15(14)22-16(19(13)20(27)29-3)12-30-21-23-24-25-26(21)17-10-6-7-11-18(17)28-2/h4-11H,12H2,1-3H3. The van der Waals surface area contributed by atoms with Gasteiger partial charge in [-0.05, 0) is 41.1 Å². The molecule has 9 heteroatoms. The number of carbonyl (C=O) groups is 1. The minimum Gasteiger partial charge on any atom is -0.494 e. The molecule has 0 aliphatic rings. The van der Waals surface area contributed by atoms with Gasteiger partial charge in [-0.2, -0.15) is 4.68 Å². The van der Waals surface area contributed by atoms with Crippen LogP contribution < -0.4 is 4.74 Å². The molecule has 8 nitrogen and oxygen atoms in total. The number of tetrazole rings is 1. The maximum absolute atomic E-state index is 12.5. The van der Waals surface area contributed by atoms with E-state index < -0.39 is 5.97 Å². The van der Waals surface area contributed by atoms with E-state index in [0.29, 0.717) is 27.9 Å². The van der Waals surface area contributed by atoms with Gasteiger partial charge in [0.05, 0.1) is 31.0 Å². The van der Waals surface area contributed by atoms with Gasteiger partial charge in [-0.25, -0.2) is 4.79 Å². The number of ether oxygens (including phenoxy) is 2. The predicted molar refractivity (Wildman–Crippen MR) is 113 cm³/mol. The molecule has 4 rings (SSSR count). The quantitative estimate of drug-likeness (QED) is 0.344. The van der Waals surface area contributed by atoms with Gasteiger partial charge in [-0.15, -0.1) is 5.10 Å². The molecule has 0 aliphatic carbocycles. The number of aromatic nitrogens is 5. The monoisotopic (exact) mass is 421 g/mol. The van der Waals surface area contributed by atoms with Crippen molar-refractivity contribution in [3.63, 3.8) is 0 Å². The maximum Gasteiger partial charge on any atom is 0.340 e. The van der Waals surface area contributed by atoms with E-state index in [0.717, 1.165) is 22.2 Å².